The summed E-state index contributed by atoms with van der Waals surface area (Å²) < 4.78 is 10.7. The second-order valence-electron chi connectivity index (χ2n) is 6.09. The van der Waals surface area contributed by atoms with Gasteiger partial charge in [0, 0.05) is 10.8 Å². The summed E-state index contributed by atoms with van der Waals surface area (Å²) in [5.41, 5.74) is 1.92. The molecule has 3 rings (SSSR count). The minimum atomic E-state index is -0.795. The maximum atomic E-state index is 12.8. The van der Waals surface area contributed by atoms with Crippen LogP contribution < -0.4 is 4.74 Å². The van der Waals surface area contributed by atoms with E-state index in [1.54, 1.807) is 24.3 Å². The van der Waals surface area contributed by atoms with E-state index in [-0.39, 0.29) is 18.3 Å². The normalized spacial score (nSPS) is 19.8. The number of esters is 1. The standard InChI is InChI=1S/C21H22O4S/c1-3-24-16-9-7-14(8-10-16)17-12-15(19-6-5-11-26-19)13-18(22)20(17)21(23)25-4-2/h5-11,13,17,20H,3-4,12H2,1-2H3/t17-,20-/m1/s1. The van der Waals surface area contributed by atoms with Crippen molar-refractivity contribution in [2.24, 2.45) is 5.92 Å². The molecular weight excluding hydrogens is 348 g/mol. The van der Waals surface area contributed by atoms with Gasteiger partial charge in [0.2, 0.25) is 0 Å². The fourth-order valence-electron chi connectivity index (χ4n) is 3.31. The zero-order valence-corrected chi connectivity index (χ0v) is 15.8. The van der Waals surface area contributed by atoms with Crippen LogP contribution in [-0.2, 0) is 14.3 Å². The quantitative estimate of drug-likeness (QED) is 0.556. The van der Waals surface area contributed by atoms with Crippen LogP contribution in [-0.4, -0.2) is 25.0 Å². The Morgan fingerprint density at radius 2 is 1.92 bits per heavy atom. The first kappa shape index (κ1) is 18.4. The molecule has 136 valence electrons. The molecule has 0 saturated heterocycles. The molecule has 1 aromatic carbocycles. The highest BCUT2D eigenvalue weighted by molar-refractivity contribution is 7.11. The summed E-state index contributed by atoms with van der Waals surface area (Å²) in [5, 5.41) is 1.99. The predicted octanol–water partition coefficient (Wildman–Crippen LogP) is 4.47. The minimum Gasteiger partial charge on any atom is -0.494 e. The van der Waals surface area contributed by atoms with Crippen LogP contribution in [0.3, 0.4) is 0 Å². The van der Waals surface area contributed by atoms with Gasteiger partial charge in [-0.15, -0.1) is 11.3 Å². The van der Waals surface area contributed by atoms with Crippen LogP contribution >= 0.6 is 11.3 Å². The van der Waals surface area contributed by atoms with Gasteiger partial charge in [-0.1, -0.05) is 18.2 Å². The largest absolute Gasteiger partial charge is 0.494 e. The Morgan fingerprint density at radius 1 is 1.15 bits per heavy atom. The van der Waals surface area contributed by atoms with Gasteiger partial charge in [-0.2, -0.15) is 0 Å². The predicted molar refractivity (Wildman–Crippen MR) is 102 cm³/mol. The summed E-state index contributed by atoms with van der Waals surface area (Å²) in [5.74, 6) is -0.883. The number of thiophene rings is 1. The van der Waals surface area contributed by atoms with Crippen LogP contribution in [0.5, 0.6) is 5.75 Å². The van der Waals surface area contributed by atoms with E-state index in [9.17, 15) is 9.59 Å². The van der Waals surface area contributed by atoms with Gasteiger partial charge in [-0.05, 0) is 61.1 Å². The molecule has 0 amide bonds. The number of hydrogen-bond donors (Lipinski definition) is 0. The molecule has 0 aliphatic heterocycles. The lowest BCUT2D eigenvalue weighted by molar-refractivity contribution is -0.151. The highest BCUT2D eigenvalue weighted by atomic mass is 32.1. The van der Waals surface area contributed by atoms with Crippen molar-refractivity contribution in [3.05, 3.63) is 58.3 Å². The summed E-state index contributed by atoms with van der Waals surface area (Å²) in [6.45, 7) is 4.55. The van der Waals surface area contributed by atoms with Crippen molar-refractivity contribution in [1.29, 1.82) is 0 Å². The van der Waals surface area contributed by atoms with E-state index in [1.807, 2.05) is 48.7 Å². The third-order valence-electron chi connectivity index (χ3n) is 4.46. The molecule has 1 aromatic heterocycles. The fraction of sp³-hybridized carbons (Fsp3) is 0.333. The molecule has 2 atom stereocenters. The molecule has 0 saturated carbocycles. The third kappa shape index (κ3) is 3.88. The SMILES string of the molecule is CCOC(=O)[C@H]1C(=O)C=C(c2cccs2)C[C@@H]1c1ccc(OCC)cc1. The number of ketones is 1. The highest BCUT2D eigenvalue weighted by Gasteiger charge is 2.39. The van der Waals surface area contributed by atoms with Crippen LogP contribution in [0, 0.1) is 5.92 Å². The molecule has 0 unspecified atom stereocenters. The molecule has 1 aliphatic carbocycles. The number of carbonyl (C=O) groups is 2. The summed E-state index contributed by atoms with van der Waals surface area (Å²) in [4.78, 5) is 26.3. The number of allylic oxidation sites excluding steroid dienone is 2. The number of benzene rings is 1. The topological polar surface area (TPSA) is 52.6 Å². The van der Waals surface area contributed by atoms with Crippen molar-refractivity contribution in [1.82, 2.24) is 0 Å². The van der Waals surface area contributed by atoms with E-state index in [0.29, 0.717) is 13.0 Å². The molecule has 4 nitrogen and oxygen atoms in total. The van der Waals surface area contributed by atoms with Gasteiger partial charge in [0.25, 0.3) is 0 Å². The number of hydrogen-bond acceptors (Lipinski definition) is 5. The first-order valence-electron chi connectivity index (χ1n) is 8.81. The zero-order chi connectivity index (χ0) is 18.5. The molecule has 0 N–H and O–H groups in total. The smallest absolute Gasteiger partial charge is 0.317 e. The van der Waals surface area contributed by atoms with E-state index in [4.69, 9.17) is 9.47 Å². The van der Waals surface area contributed by atoms with Gasteiger partial charge in [0.05, 0.1) is 13.2 Å². The maximum Gasteiger partial charge on any atom is 0.317 e. The van der Waals surface area contributed by atoms with Gasteiger partial charge in [0.1, 0.15) is 11.7 Å². The van der Waals surface area contributed by atoms with Crippen molar-refractivity contribution in [2.45, 2.75) is 26.2 Å². The molecule has 0 radical (unpaired) electrons. The molecule has 0 fully saturated rings. The Hall–Kier alpha value is -2.40. The van der Waals surface area contributed by atoms with Crippen LogP contribution in [0.25, 0.3) is 5.57 Å². The Bertz CT molecular complexity index is 790. The van der Waals surface area contributed by atoms with Crippen LogP contribution in [0.4, 0.5) is 0 Å². The number of carbonyl (C=O) groups excluding carboxylic acids is 2. The van der Waals surface area contributed by atoms with E-state index in [2.05, 4.69) is 0 Å². The van der Waals surface area contributed by atoms with Gasteiger partial charge in [-0.25, -0.2) is 0 Å². The molecule has 1 heterocycles. The van der Waals surface area contributed by atoms with Gasteiger partial charge in [-0.3, -0.25) is 9.59 Å². The van der Waals surface area contributed by atoms with Crippen LogP contribution in [0.2, 0.25) is 0 Å². The summed E-state index contributed by atoms with van der Waals surface area (Å²) in [6.07, 6.45) is 2.24. The van der Waals surface area contributed by atoms with Gasteiger partial charge >= 0.3 is 5.97 Å². The molecule has 1 aliphatic rings. The van der Waals surface area contributed by atoms with E-state index in [1.165, 1.54) is 0 Å². The summed E-state index contributed by atoms with van der Waals surface area (Å²) >= 11 is 1.60. The second kappa shape index (κ2) is 8.32. The average Bonchev–Trinajstić information content (AvgIpc) is 3.17. The number of ether oxygens (including phenoxy) is 2. The highest BCUT2D eigenvalue weighted by Crippen LogP contribution is 2.41. The second-order valence-corrected chi connectivity index (χ2v) is 7.04. The molecule has 26 heavy (non-hydrogen) atoms. The Balaban J connectivity index is 1.95. The van der Waals surface area contributed by atoms with Crippen molar-refractivity contribution >= 4 is 28.7 Å². The molecule has 0 bridgehead atoms. The molecule has 0 spiro atoms. The lowest BCUT2D eigenvalue weighted by atomic mass is 9.74. The maximum absolute atomic E-state index is 12.8. The Kier molecular flexibility index (Phi) is 5.89. The van der Waals surface area contributed by atoms with Crippen molar-refractivity contribution < 1.29 is 19.1 Å². The lowest BCUT2D eigenvalue weighted by Gasteiger charge is -2.29. The summed E-state index contributed by atoms with van der Waals surface area (Å²) in [7, 11) is 0. The van der Waals surface area contributed by atoms with E-state index >= 15 is 0 Å². The first-order chi connectivity index (χ1) is 12.6. The van der Waals surface area contributed by atoms with Crippen molar-refractivity contribution in [3.8, 4) is 5.75 Å². The first-order valence-corrected chi connectivity index (χ1v) is 9.69. The Labute approximate surface area is 157 Å². The van der Waals surface area contributed by atoms with Gasteiger partial charge < -0.3 is 9.47 Å². The minimum absolute atomic E-state index is 0.183. The Morgan fingerprint density at radius 3 is 2.54 bits per heavy atom. The fourth-order valence-corrected chi connectivity index (χ4v) is 4.06. The molecule has 5 heteroatoms. The van der Waals surface area contributed by atoms with E-state index < -0.39 is 11.9 Å². The molecular formula is C21H22O4S. The zero-order valence-electron chi connectivity index (χ0n) is 14.9. The van der Waals surface area contributed by atoms with Crippen LogP contribution in [0.1, 0.15) is 36.6 Å². The third-order valence-corrected chi connectivity index (χ3v) is 5.41. The number of rotatable bonds is 6. The van der Waals surface area contributed by atoms with E-state index in [0.717, 1.165) is 21.8 Å². The van der Waals surface area contributed by atoms with Gasteiger partial charge in [0.15, 0.2) is 5.78 Å². The van der Waals surface area contributed by atoms with Crippen molar-refractivity contribution in [2.75, 3.05) is 13.2 Å². The van der Waals surface area contributed by atoms with Crippen LogP contribution in [0.15, 0.2) is 47.9 Å². The lowest BCUT2D eigenvalue weighted by Crippen LogP contribution is -2.33. The monoisotopic (exact) mass is 370 g/mol. The van der Waals surface area contributed by atoms with Crippen molar-refractivity contribution in [3.63, 3.8) is 0 Å². The molecule has 2 aromatic rings. The average molecular weight is 370 g/mol. The summed E-state index contributed by atoms with van der Waals surface area (Å²) in [6, 6.07) is 11.6.